The number of aromatic nitrogens is 4. The van der Waals surface area contributed by atoms with E-state index in [0.717, 1.165) is 11.4 Å². The highest BCUT2D eigenvalue weighted by Gasteiger charge is 2.24. The number of pyridine rings is 2. The van der Waals surface area contributed by atoms with Crippen LogP contribution in [0.15, 0.2) is 61.2 Å². The normalized spacial score (nSPS) is 14.0. The third-order valence-electron chi connectivity index (χ3n) is 4.58. The van der Waals surface area contributed by atoms with Crippen molar-refractivity contribution >= 4 is 17.5 Å². The zero-order valence-electron chi connectivity index (χ0n) is 15.4. The summed E-state index contributed by atoms with van der Waals surface area (Å²) in [5.74, 6) is 0.654. The van der Waals surface area contributed by atoms with Gasteiger partial charge in [-0.1, -0.05) is 6.07 Å². The second-order valence-corrected chi connectivity index (χ2v) is 6.43. The maximum atomic E-state index is 12.7. The number of rotatable bonds is 5. The molecule has 1 N–H and O–H groups in total. The fourth-order valence-electron chi connectivity index (χ4n) is 3.05. The summed E-state index contributed by atoms with van der Waals surface area (Å²) in [5.41, 5.74) is 2.25. The average Bonchev–Trinajstić information content (AvgIpc) is 2.79. The molecule has 3 aromatic rings. The first kappa shape index (κ1) is 17.8. The van der Waals surface area contributed by atoms with Crippen LogP contribution in [0.3, 0.4) is 0 Å². The highest BCUT2D eigenvalue weighted by molar-refractivity contribution is 5.92. The van der Waals surface area contributed by atoms with Crippen molar-refractivity contribution < 1.29 is 4.79 Å². The highest BCUT2D eigenvalue weighted by atomic mass is 16.2. The number of nitrogens with one attached hydrogen (secondary N) is 1. The van der Waals surface area contributed by atoms with Gasteiger partial charge in [-0.05, 0) is 30.3 Å². The SMILES string of the molecule is O=C(c1ccc(NCc2ccccn2)cn1)N1CCN(c2ncccn2)CC1. The van der Waals surface area contributed by atoms with Crippen LogP contribution in [-0.4, -0.2) is 56.9 Å². The minimum Gasteiger partial charge on any atom is -0.378 e. The van der Waals surface area contributed by atoms with Crippen molar-refractivity contribution in [3.8, 4) is 0 Å². The molecule has 1 aliphatic rings. The lowest BCUT2D eigenvalue weighted by Crippen LogP contribution is -2.49. The smallest absolute Gasteiger partial charge is 0.272 e. The van der Waals surface area contributed by atoms with Gasteiger partial charge in [0.2, 0.25) is 5.95 Å². The van der Waals surface area contributed by atoms with Gasteiger partial charge in [-0.25, -0.2) is 15.0 Å². The van der Waals surface area contributed by atoms with E-state index in [-0.39, 0.29) is 5.91 Å². The quantitative estimate of drug-likeness (QED) is 0.728. The molecule has 4 rings (SSSR count). The first-order chi connectivity index (χ1) is 13.8. The molecular formula is C20H21N7O. The molecule has 0 saturated carbocycles. The molecule has 0 aromatic carbocycles. The third kappa shape index (κ3) is 4.22. The second-order valence-electron chi connectivity index (χ2n) is 6.43. The van der Waals surface area contributed by atoms with Crippen molar-refractivity contribution in [1.29, 1.82) is 0 Å². The van der Waals surface area contributed by atoms with E-state index in [1.165, 1.54) is 0 Å². The van der Waals surface area contributed by atoms with Gasteiger partial charge < -0.3 is 15.1 Å². The Morgan fingerprint density at radius 3 is 2.36 bits per heavy atom. The molecular weight excluding hydrogens is 354 g/mol. The molecule has 142 valence electrons. The van der Waals surface area contributed by atoms with Crippen molar-refractivity contribution in [1.82, 2.24) is 24.8 Å². The molecule has 1 amide bonds. The summed E-state index contributed by atoms with van der Waals surface area (Å²) in [6.45, 7) is 3.27. The lowest BCUT2D eigenvalue weighted by atomic mass is 10.2. The number of carbonyl (C=O) groups excluding carboxylic acids is 1. The molecule has 1 saturated heterocycles. The van der Waals surface area contributed by atoms with Gasteiger partial charge in [0, 0.05) is 44.8 Å². The van der Waals surface area contributed by atoms with Gasteiger partial charge in [0.05, 0.1) is 24.1 Å². The summed E-state index contributed by atoms with van der Waals surface area (Å²) >= 11 is 0. The Bertz CT molecular complexity index is 895. The number of piperazine rings is 1. The predicted octanol–water partition coefficient (Wildman–Crippen LogP) is 1.84. The minimum atomic E-state index is -0.0510. The Labute approximate surface area is 163 Å². The molecule has 3 aromatic heterocycles. The monoisotopic (exact) mass is 375 g/mol. The summed E-state index contributed by atoms with van der Waals surface area (Å²) in [6.07, 6.45) is 6.91. The van der Waals surface area contributed by atoms with Crippen LogP contribution in [0.5, 0.6) is 0 Å². The Kier molecular flexibility index (Phi) is 5.37. The molecule has 1 fully saturated rings. The van der Waals surface area contributed by atoms with Crippen molar-refractivity contribution in [3.05, 3.63) is 72.6 Å². The van der Waals surface area contributed by atoms with Gasteiger partial charge in [-0.3, -0.25) is 9.78 Å². The third-order valence-corrected chi connectivity index (χ3v) is 4.58. The predicted molar refractivity (Wildman–Crippen MR) is 106 cm³/mol. The molecule has 0 radical (unpaired) electrons. The fraction of sp³-hybridized carbons (Fsp3) is 0.250. The molecule has 8 nitrogen and oxygen atoms in total. The number of hydrogen-bond donors (Lipinski definition) is 1. The van der Waals surface area contributed by atoms with E-state index >= 15 is 0 Å². The number of amides is 1. The van der Waals surface area contributed by atoms with E-state index in [4.69, 9.17) is 0 Å². The van der Waals surface area contributed by atoms with E-state index < -0.39 is 0 Å². The Hall–Kier alpha value is -3.55. The molecule has 28 heavy (non-hydrogen) atoms. The summed E-state index contributed by atoms with van der Waals surface area (Å²) < 4.78 is 0. The number of carbonyl (C=O) groups is 1. The average molecular weight is 375 g/mol. The van der Waals surface area contributed by atoms with E-state index in [2.05, 4.69) is 30.2 Å². The van der Waals surface area contributed by atoms with Crippen LogP contribution in [-0.2, 0) is 6.54 Å². The van der Waals surface area contributed by atoms with Gasteiger partial charge in [0.1, 0.15) is 5.69 Å². The topological polar surface area (TPSA) is 87.1 Å². The van der Waals surface area contributed by atoms with E-state index in [1.54, 1.807) is 36.9 Å². The van der Waals surface area contributed by atoms with Crippen molar-refractivity contribution in [2.75, 3.05) is 36.4 Å². The Balaban J connectivity index is 1.31. The van der Waals surface area contributed by atoms with E-state index in [9.17, 15) is 4.79 Å². The van der Waals surface area contributed by atoms with E-state index in [0.29, 0.717) is 44.4 Å². The molecule has 0 atom stereocenters. The van der Waals surface area contributed by atoms with Crippen molar-refractivity contribution in [2.45, 2.75) is 6.54 Å². The van der Waals surface area contributed by atoms with Gasteiger partial charge in [-0.15, -0.1) is 0 Å². The van der Waals surface area contributed by atoms with Crippen LogP contribution in [0.25, 0.3) is 0 Å². The maximum absolute atomic E-state index is 12.7. The maximum Gasteiger partial charge on any atom is 0.272 e. The zero-order chi connectivity index (χ0) is 19.2. The lowest BCUT2D eigenvalue weighted by molar-refractivity contribution is 0.0740. The first-order valence-electron chi connectivity index (χ1n) is 9.21. The van der Waals surface area contributed by atoms with Crippen molar-refractivity contribution in [2.24, 2.45) is 0 Å². The number of nitrogens with zero attached hydrogens (tertiary/aromatic N) is 6. The van der Waals surface area contributed by atoms with Crippen LogP contribution in [0.2, 0.25) is 0 Å². The fourth-order valence-corrected chi connectivity index (χ4v) is 3.05. The van der Waals surface area contributed by atoms with Crippen LogP contribution in [0.4, 0.5) is 11.6 Å². The van der Waals surface area contributed by atoms with Gasteiger partial charge in [0.25, 0.3) is 5.91 Å². The van der Waals surface area contributed by atoms with Crippen LogP contribution < -0.4 is 10.2 Å². The molecule has 8 heteroatoms. The molecule has 1 aliphatic heterocycles. The Morgan fingerprint density at radius 2 is 1.68 bits per heavy atom. The standard InChI is InChI=1S/C20H21N7O/c28-19(26-10-12-27(13-11-26)20-22-8-3-9-23-20)18-6-5-17(15-25-18)24-14-16-4-1-2-7-21-16/h1-9,15,24H,10-14H2. The number of hydrogen-bond acceptors (Lipinski definition) is 7. The highest BCUT2D eigenvalue weighted by Crippen LogP contribution is 2.13. The minimum absolute atomic E-state index is 0.0510. The van der Waals surface area contributed by atoms with Gasteiger partial charge in [-0.2, -0.15) is 0 Å². The summed E-state index contributed by atoms with van der Waals surface area (Å²) in [6, 6.07) is 11.2. The van der Waals surface area contributed by atoms with Crippen molar-refractivity contribution in [3.63, 3.8) is 0 Å². The lowest BCUT2D eigenvalue weighted by Gasteiger charge is -2.34. The van der Waals surface area contributed by atoms with Gasteiger partial charge in [0.15, 0.2) is 0 Å². The van der Waals surface area contributed by atoms with Crippen LogP contribution in [0.1, 0.15) is 16.2 Å². The first-order valence-corrected chi connectivity index (χ1v) is 9.21. The summed E-state index contributed by atoms with van der Waals surface area (Å²) in [4.78, 5) is 33.8. The summed E-state index contributed by atoms with van der Waals surface area (Å²) in [7, 11) is 0. The molecule has 0 spiro atoms. The van der Waals surface area contributed by atoms with Crippen LogP contribution in [0, 0.1) is 0 Å². The van der Waals surface area contributed by atoms with Gasteiger partial charge >= 0.3 is 0 Å². The summed E-state index contributed by atoms with van der Waals surface area (Å²) in [5, 5.41) is 3.26. The van der Waals surface area contributed by atoms with Crippen LogP contribution >= 0.6 is 0 Å². The van der Waals surface area contributed by atoms with E-state index in [1.807, 2.05) is 29.2 Å². The largest absolute Gasteiger partial charge is 0.378 e. The second kappa shape index (κ2) is 8.43. The molecule has 4 heterocycles. The molecule has 0 unspecified atom stereocenters. The zero-order valence-corrected chi connectivity index (χ0v) is 15.4. The molecule has 0 aliphatic carbocycles. The Morgan fingerprint density at radius 1 is 0.893 bits per heavy atom. The number of anilines is 2. The molecule has 0 bridgehead atoms.